The van der Waals surface area contributed by atoms with Crippen LogP contribution in [0.5, 0.6) is 0 Å². The minimum Gasteiger partial charge on any atom is -0.328 e. The molecule has 2 aromatic heterocycles. The highest BCUT2D eigenvalue weighted by atomic mass is 79.9. The molecule has 3 nitrogen and oxygen atoms in total. The van der Waals surface area contributed by atoms with Gasteiger partial charge in [0, 0.05) is 35.3 Å². The van der Waals surface area contributed by atoms with Crippen LogP contribution < -0.4 is 5.32 Å². The van der Waals surface area contributed by atoms with Gasteiger partial charge < -0.3 is 9.88 Å². The van der Waals surface area contributed by atoms with Crippen LogP contribution in [0.2, 0.25) is 0 Å². The molecule has 0 amide bonds. The lowest BCUT2D eigenvalue weighted by Crippen LogP contribution is -2.11. The minimum absolute atomic E-state index is 0.840. The van der Waals surface area contributed by atoms with E-state index in [1.807, 2.05) is 12.3 Å². The number of benzene rings is 1. The normalized spacial score (nSPS) is 11.1. The standard InChI is InChI=1S/C17H18BrN3/c1-2-19-10-14-12-21(17-16(14)4-3-9-20-17)11-13-5-7-15(18)8-6-13/h3-9,12,19H,2,10-11H2,1H3. The second-order valence-corrected chi connectivity index (χ2v) is 5.98. The first-order valence-electron chi connectivity index (χ1n) is 7.16. The third kappa shape index (κ3) is 3.17. The molecule has 0 radical (unpaired) electrons. The third-order valence-corrected chi connectivity index (χ3v) is 4.08. The van der Waals surface area contributed by atoms with E-state index in [1.165, 1.54) is 16.5 Å². The molecular formula is C17H18BrN3. The summed E-state index contributed by atoms with van der Waals surface area (Å²) >= 11 is 3.48. The van der Waals surface area contributed by atoms with Crippen LogP contribution in [0.15, 0.2) is 53.3 Å². The van der Waals surface area contributed by atoms with E-state index >= 15 is 0 Å². The summed E-state index contributed by atoms with van der Waals surface area (Å²) in [4.78, 5) is 4.55. The van der Waals surface area contributed by atoms with E-state index in [0.717, 1.165) is 29.8 Å². The summed E-state index contributed by atoms with van der Waals surface area (Å²) < 4.78 is 3.33. The largest absolute Gasteiger partial charge is 0.328 e. The molecule has 4 heteroatoms. The molecule has 0 fully saturated rings. The van der Waals surface area contributed by atoms with Crippen molar-refractivity contribution < 1.29 is 0 Å². The maximum absolute atomic E-state index is 4.55. The highest BCUT2D eigenvalue weighted by Gasteiger charge is 2.09. The highest BCUT2D eigenvalue weighted by Crippen LogP contribution is 2.21. The van der Waals surface area contributed by atoms with E-state index in [4.69, 9.17) is 0 Å². The molecule has 0 saturated carbocycles. The SMILES string of the molecule is CCNCc1cn(Cc2ccc(Br)cc2)c2ncccc12. The van der Waals surface area contributed by atoms with Gasteiger partial charge in [-0.3, -0.25) is 0 Å². The van der Waals surface area contributed by atoms with Crippen LogP contribution >= 0.6 is 15.9 Å². The highest BCUT2D eigenvalue weighted by molar-refractivity contribution is 9.10. The van der Waals surface area contributed by atoms with Gasteiger partial charge in [-0.05, 0) is 41.9 Å². The number of fused-ring (bicyclic) bond motifs is 1. The van der Waals surface area contributed by atoms with Gasteiger partial charge in [0.05, 0.1) is 0 Å². The van der Waals surface area contributed by atoms with E-state index in [-0.39, 0.29) is 0 Å². The Morgan fingerprint density at radius 3 is 2.76 bits per heavy atom. The van der Waals surface area contributed by atoms with Gasteiger partial charge in [-0.15, -0.1) is 0 Å². The summed E-state index contributed by atoms with van der Waals surface area (Å²) in [5, 5.41) is 4.63. The first kappa shape index (κ1) is 14.3. The Morgan fingerprint density at radius 1 is 1.19 bits per heavy atom. The van der Waals surface area contributed by atoms with Gasteiger partial charge in [-0.1, -0.05) is 35.0 Å². The summed E-state index contributed by atoms with van der Waals surface area (Å²) in [6.07, 6.45) is 4.07. The van der Waals surface area contributed by atoms with Crippen molar-refractivity contribution in [2.75, 3.05) is 6.54 Å². The molecule has 0 bridgehead atoms. The average Bonchev–Trinajstić information content (AvgIpc) is 2.86. The Balaban J connectivity index is 1.96. The molecule has 108 valence electrons. The molecule has 0 atom stereocenters. The first-order valence-corrected chi connectivity index (χ1v) is 7.95. The zero-order valence-electron chi connectivity index (χ0n) is 12.0. The molecule has 0 saturated heterocycles. The molecule has 3 rings (SSSR count). The topological polar surface area (TPSA) is 29.9 Å². The van der Waals surface area contributed by atoms with Crippen molar-refractivity contribution in [1.29, 1.82) is 0 Å². The van der Waals surface area contributed by atoms with Gasteiger partial charge in [0.15, 0.2) is 0 Å². The summed E-state index contributed by atoms with van der Waals surface area (Å²) in [6, 6.07) is 12.6. The Labute approximate surface area is 133 Å². The Kier molecular flexibility index (Phi) is 4.36. The molecule has 0 aliphatic carbocycles. The number of nitrogens with zero attached hydrogens (tertiary/aromatic N) is 2. The van der Waals surface area contributed by atoms with E-state index in [2.05, 4.69) is 74.3 Å². The van der Waals surface area contributed by atoms with Crippen LogP contribution in [0.1, 0.15) is 18.1 Å². The fraction of sp³-hybridized carbons (Fsp3) is 0.235. The summed E-state index contributed by atoms with van der Waals surface area (Å²) in [7, 11) is 0. The lowest BCUT2D eigenvalue weighted by Gasteiger charge is -2.05. The molecule has 1 N–H and O–H groups in total. The zero-order chi connectivity index (χ0) is 14.7. The minimum atomic E-state index is 0.840. The Hall–Kier alpha value is -1.65. The van der Waals surface area contributed by atoms with Crippen LogP contribution in [0.25, 0.3) is 11.0 Å². The second-order valence-electron chi connectivity index (χ2n) is 5.06. The van der Waals surface area contributed by atoms with Crippen molar-refractivity contribution in [2.24, 2.45) is 0 Å². The maximum Gasteiger partial charge on any atom is 0.140 e. The van der Waals surface area contributed by atoms with Gasteiger partial charge in [0.2, 0.25) is 0 Å². The van der Waals surface area contributed by atoms with Crippen molar-refractivity contribution in [3.05, 3.63) is 64.4 Å². The number of rotatable bonds is 5. The number of halogens is 1. The molecule has 0 aliphatic heterocycles. The van der Waals surface area contributed by atoms with Gasteiger partial charge in [0.25, 0.3) is 0 Å². The predicted molar refractivity (Wildman–Crippen MR) is 90.4 cm³/mol. The van der Waals surface area contributed by atoms with Crippen LogP contribution in [0, 0.1) is 0 Å². The number of nitrogens with one attached hydrogen (secondary N) is 1. The third-order valence-electron chi connectivity index (χ3n) is 3.55. The number of aromatic nitrogens is 2. The van der Waals surface area contributed by atoms with Gasteiger partial charge in [0.1, 0.15) is 5.65 Å². The first-order chi connectivity index (χ1) is 10.3. The molecule has 0 aliphatic rings. The van der Waals surface area contributed by atoms with Crippen molar-refractivity contribution in [3.63, 3.8) is 0 Å². The molecule has 21 heavy (non-hydrogen) atoms. The molecular weight excluding hydrogens is 326 g/mol. The van der Waals surface area contributed by atoms with Crippen LogP contribution in [0.3, 0.4) is 0 Å². The Morgan fingerprint density at radius 2 is 2.00 bits per heavy atom. The van der Waals surface area contributed by atoms with E-state index in [1.54, 1.807) is 0 Å². The summed E-state index contributed by atoms with van der Waals surface area (Å²) in [6.45, 7) is 4.82. The van der Waals surface area contributed by atoms with E-state index in [9.17, 15) is 0 Å². The second kappa shape index (κ2) is 6.41. The average molecular weight is 344 g/mol. The van der Waals surface area contributed by atoms with Gasteiger partial charge in [-0.25, -0.2) is 4.98 Å². The Bertz CT molecular complexity index is 731. The number of hydrogen-bond acceptors (Lipinski definition) is 2. The number of pyridine rings is 1. The van der Waals surface area contributed by atoms with Crippen molar-refractivity contribution in [2.45, 2.75) is 20.0 Å². The fourth-order valence-electron chi connectivity index (χ4n) is 2.50. The summed E-state index contributed by atoms with van der Waals surface area (Å²) in [5.74, 6) is 0. The molecule has 2 heterocycles. The predicted octanol–water partition coefficient (Wildman–Crippen LogP) is 3.96. The monoisotopic (exact) mass is 343 g/mol. The quantitative estimate of drug-likeness (QED) is 0.759. The maximum atomic E-state index is 4.55. The van der Waals surface area contributed by atoms with Gasteiger partial charge >= 0.3 is 0 Å². The van der Waals surface area contributed by atoms with Crippen molar-refractivity contribution in [3.8, 4) is 0 Å². The van der Waals surface area contributed by atoms with Crippen LogP contribution in [-0.4, -0.2) is 16.1 Å². The van der Waals surface area contributed by atoms with Crippen molar-refractivity contribution >= 4 is 27.0 Å². The lowest BCUT2D eigenvalue weighted by atomic mass is 10.2. The summed E-state index contributed by atoms with van der Waals surface area (Å²) in [5.41, 5.74) is 3.63. The molecule has 1 aromatic carbocycles. The van der Waals surface area contributed by atoms with Gasteiger partial charge in [-0.2, -0.15) is 0 Å². The van der Waals surface area contributed by atoms with E-state index in [0.29, 0.717) is 0 Å². The fourth-order valence-corrected chi connectivity index (χ4v) is 2.77. The van der Waals surface area contributed by atoms with Crippen molar-refractivity contribution in [1.82, 2.24) is 14.9 Å². The van der Waals surface area contributed by atoms with Crippen LogP contribution in [-0.2, 0) is 13.1 Å². The van der Waals surface area contributed by atoms with Crippen LogP contribution in [0.4, 0.5) is 0 Å². The number of hydrogen-bond donors (Lipinski definition) is 1. The van der Waals surface area contributed by atoms with E-state index < -0.39 is 0 Å². The smallest absolute Gasteiger partial charge is 0.140 e. The lowest BCUT2D eigenvalue weighted by molar-refractivity contribution is 0.724. The zero-order valence-corrected chi connectivity index (χ0v) is 13.6. The molecule has 3 aromatic rings. The molecule has 0 spiro atoms. The molecule has 0 unspecified atom stereocenters.